The quantitative estimate of drug-likeness (QED) is 0.852. The predicted molar refractivity (Wildman–Crippen MR) is 95.3 cm³/mol. The van der Waals surface area contributed by atoms with Crippen molar-refractivity contribution in [3.8, 4) is 0 Å². The number of piperidine rings is 1. The van der Waals surface area contributed by atoms with Gasteiger partial charge in [0.2, 0.25) is 0 Å². The highest BCUT2D eigenvalue weighted by Gasteiger charge is 2.26. The van der Waals surface area contributed by atoms with Crippen LogP contribution < -0.4 is 5.56 Å². The van der Waals surface area contributed by atoms with E-state index in [9.17, 15) is 9.59 Å². The maximum Gasteiger partial charge on any atom is 0.272 e. The SMILES string of the molecule is CCn1c(=O)c(C)nc2cc(C(=O)N3CC(C)CC(C)C3)ccc21. The number of hydrogen-bond donors (Lipinski definition) is 0. The Kier molecular flexibility index (Phi) is 4.43. The normalized spacial score (nSPS) is 21.2. The smallest absolute Gasteiger partial charge is 0.272 e. The number of aromatic nitrogens is 2. The Morgan fingerprint density at radius 1 is 1.25 bits per heavy atom. The summed E-state index contributed by atoms with van der Waals surface area (Å²) in [6, 6.07) is 5.48. The van der Waals surface area contributed by atoms with E-state index in [1.165, 1.54) is 6.42 Å². The molecule has 2 heterocycles. The van der Waals surface area contributed by atoms with E-state index < -0.39 is 0 Å². The average molecular weight is 327 g/mol. The highest BCUT2D eigenvalue weighted by Crippen LogP contribution is 2.23. The fourth-order valence-corrected chi connectivity index (χ4v) is 3.83. The second-order valence-electron chi connectivity index (χ2n) is 7.11. The van der Waals surface area contributed by atoms with E-state index in [1.54, 1.807) is 11.5 Å². The van der Waals surface area contributed by atoms with Gasteiger partial charge in [0.15, 0.2) is 0 Å². The Morgan fingerprint density at radius 3 is 2.54 bits per heavy atom. The third-order valence-corrected chi connectivity index (χ3v) is 4.83. The number of carbonyl (C=O) groups is 1. The number of fused-ring (bicyclic) bond motifs is 1. The summed E-state index contributed by atoms with van der Waals surface area (Å²) in [6.45, 7) is 10.3. The van der Waals surface area contributed by atoms with E-state index in [-0.39, 0.29) is 11.5 Å². The lowest BCUT2D eigenvalue weighted by molar-refractivity contribution is 0.0623. The number of rotatable bonds is 2. The van der Waals surface area contributed by atoms with Crippen molar-refractivity contribution in [1.82, 2.24) is 14.5 Å². The Morgan fingerprint density at radius 2 is 1.92 bits per heavy atom. The van der Waals surface area contributed by atoms with Crippen LogP contribution in [-0.2, 0) is 6.54 Å². The summed E-state index contributed by atoms with van der Waals surface area (Å²) in [5.74, 6) is 1.12. The molecule has 1 aliphatic heterocycles. The van der Waals surface area contributed by atoms with E-state index in [0.29, 0.717) is 35.2 Å². The van der Waals surface area contributed by atoms with Gasteiger partial charge in [0.05, 0.1) is 11.0 Å². The lowest BCUT2D eigenvalue weighted by Gasteiger charge is -2.35. The largest absolute Gasteiger partial charge is 0.338 e. The van der Waals surface area contributed by atoms with Crippen LogP contribution in [0.4, 0.5) is 0 Å². The van der Waals surface area contributed by atoms with Crippen LogP contribution in [-0.4, -0.2) is 33.4 Å². The van der Waals surface area contributed by atoms with Crippen LogP contribution in [0.5, 0.6) is 0 Å². The number of hydrogen-bond acceptors (Lipinski definition) is 3. The van der Waals surface area contributed by atoms with Crippen LogP contribution in [0.15, 0.2) is 23.0 Å². The minimum Gasteiger partial charge on any atom is -0.338 e. The van der Waals surface area contributed by atoms with Crippen molar-refractivity contribution in [2.24, 2.45) is 11.8 Å². The number of likely N-dealkylation sites (tertiary alicyclic amines) is 1. The van der Waals surface area contributed by atoms with Crippen LogP contribution in [0.2, 0.25) is 0 Å². The topological polar surface area (TPSA) is 55.2 Å². The summed E-state index contributed by atoms with van der Waals surface area (Å²) in [4.78, 5) is 31.4. The van der Waals surface area contributed by atoms with Crippen molar-refractivity contribution in [2.75, 3.05) is 13.1 Å². The first-order valence-corrected chi connectivity index (χ1v) is 8.71. The summed E-state index contributed by atoms with van der Waals surface area (Å²) in [6.07, 6.45) is 1.17. The first-order chi connectivity index (χ1) is 11.4. The molecule has 2 aromatic rings. The Labute approximate surface area is 142 Å². The minimum atomic E-state index is -0.0669. The van der Waals surface area contributed by atoms with Crippen LogP contribution in [0.25, 0.3) is 11.0 Å². The van der Waals surface area contributed by atoms with Crippen molar-refractivity contribution in [3.63, 3.8) is 0 Å². The number of aryl methyl sites for hydroxylation is 2. The standard InChI is InChI=1S/C19H25N3O2/c1-5-22-17-7-6-15(9-16(17)20-14(4)18(22)23)19(24)21-10-12(2)8-13(3)11-21/h6-7,9,12-13H,5,8,10-11H2,1-4H3. The average Bonchev–Trinajstić information content (AvgIpc) is 2.54. The predicted octanol–water partition coefficient (Wildman–Crippen LogP) is 2.84. The molecule has 1 aliphatic rings. The van der Waals surface area contributed by atoms with Crippen LogP contribution in [0, 0.1) is 18.8 Å². The molecule has 0 N–H and O–H groups in total. The first kappa shape index (κ1) is 16.7. The second kappa shape index (κ2) is 6.38. The lowest BCUT2D eigenvalue weighted by atomic mass is 9.91. The molecule has 0 radical (unpaired) electrons. The van der Waals surface area contributed by atoms with E-state index in [4.69, 9.17) is 0 Å². The third kappa shape index (κ3) is 2.95. The third-order valence-electron chi connectivity index (χ3n) is 4.83. The van der Waals surface area contributed by atoms with Gasteiger partial charge in [-0.1, -0.05) is 13.8 Å². The zero-order valence-corrected chi connectivity index (χ0v) is 14.9. The number of carbonyl (C=O) groups excluding carboxylic acids is 1. The molecular formula is C19H25N3O2. The highest BCUT2D eigenvalue weighted by molar-refractivity contribution is 5.97. The number of nitrogens with zero attached hydrogens (tertiary/aromatic N) is 3. The van der Waals surface area contributed by atoms with Gasteiger partial charge in [-0.25, -0.2) is 4.98 Å². The first-order valence-electron chi connectivity index (χ1n) is 8.71. The molecule has 0 aliphatic carbocycles. The van der Waals surface area contributed by atoms with E-state index in [0.717, 1.165) is 18.6 Å². The Bertz CT molecular complexity index is 830. The van der Waals surface area contributed by atoms with Gasteiger partial charge < -0.3 is 9.47 Å². The molecule has 2 unspecified atom stereocenters. The van der Waals surface area contributed by atoms with Crippen molar-refractivity contribution in [1.29, 1.82) is 0 Å². The van der Waals surface area contributed by atoms with Crippen molar-refractivity contribution in [2.45, 2.75) is 40.7 Å². The molecule has 1 fully saturated rings. The monoisotopic (exact) mass is 327 g/mol. The van der Waals surface area contributed by atoms with Crippen molar-refractivity contribution in [3.05, 3.63) is 39.8 Å². The Balaban J connectivity index is 2.00. The van der Waals surface area contributed by atoms with Gasteiger partial charge in [-0.3, -0.25) is 9.59 Å². The zero-order chi connectivity index (χ0) is 17.4. The van der Waals surface area contributed by atoms with Crippen LogP contribution in [0.1, 0.15) is 43.2 Å². The van der Waals surface area contributed by atoms with Gasteiger partial charge in [0.25, 0.3) is 11.5 Å². The fraction of sp³-hybridized carbons (Fsp3) is 0.526. The summed E-state index contributed by atoms with van der Waals surface area (Å²) >= 11 is 0. The van der Waals surface area contributed by atoms with Gasteiger partial charge in [0.1, 0.15) is 5.69 Å². The molecule has 1 saturated heterocycles. The highest BCUT2D eigenvalue weighted by atomic mass is 16.2. The molecule has 1 amide bonds. The summed E-state index contributed by atoms with van der Waals surface area (Å²) < 4.78 is 1.71. The molecule has 0 bridgehead atoms. The molecule has 1 aromatic carbocycles. The van der Waals surface area contributed by atoms with E-state index in [1.807, 2.05) is 30.0 Å². The molecule has 1 aromatic heterocycles. The molecule has 5 heteroatoms. The molecule has 0 spiro atoms. The molecule has 0 saturated carbocycles. The molecule has 128 valence electrons. The van der Waals surface area contributed by atoms with E-state index >= 15 is 0 Å². The maximum atomic E-state index is 12.9. The fourth-order valence-electron chi connectivity index (χ4n) is 3.83. The van der Waals surface area contributed by atoms with Gasteiger partial charge in [-0.05, 0) is 50.3 Å². The summed E-state index contributed by atoms with van der Waals surface area (Å²) in [7, 11) is 0. The number of benzene rings is 1. The van der Waals surface area contributed by atoms with Crippen molar-refractivity contribution >= 4 is 16.9 Å². The van der Waals surface area contributed by atoms with Gasteiger partial charge in [-0.15, -0.1) is 0 Å². The van der Waals surface area contributed by atoms with Crippen LogP contribution in [0.3, 0.4) is 0 Å². The molecule has 2 atom stereocenters. The summed E-state index contributed by atoms with van der Waals surface area (Å²) in [5.41, 5.74) is 2.54. The lowest BCUT2D eigenvalue weighted by Crippen LogP contribution is -2.42. The summed E-state index contributed by atoms with van der Waals surface area (Å²) in [5, 5.41) is 0. The van der Waals surface area contributed by atoms with E-state index in [2.05, 4.69) is 18.8 Å². The van der Waals surface area contributed by atoms with Gasteiger partial charge in [-0.2, -0.15) is 0 Å². The maximum absolute atomic E-state index is 12.9. The van der Waals surface area contributed by atoms with Crippen LogP contribution >= 0.6 is 0 Å². The minimum absolute atomic E-state index is 0.0593. The molecule has 3 rings (SSSR count). The molecular weight excluding hydrogens is 302 g/mol. The van der Waals surface area contributed by atoms with Crippen molar-refractivity contribution < 1.29 is 4.79 Å². The zero-order valence-electron chi connectivity index (χ0n) is 14.9. The van der Waals surface area contributed by atoms with Gasteiger partial charge >= 0.3 is 0 Å². The Hall–Kier alpha value is -2.17. The number of amides is 1. The molecule has 24 heavy (non-hydrogen) atoms. The van der Waals surface area contributed by atoms with Gasteiger partial charge in [0, 0.05) is 25.2 Å². The molecule has 5 nitrogen and oxygen atoms in total. The second-order valence-corrected chi connectivity index (χ2v) is 7.11.